The van der Waals surface area contributed by atoms with Crippen LogP contribution in [-0.4, -0.2) is 35.7 Å². The third-order valence-corrected chi connectivity index (χ3v) is 3.60. The van der Waals surface area contributed by atoms with Crippen LogP contribution in [0.3, 0.4) is 0 Å². The summed E-state index contributed by atoms with van der Waals surface area (Å²) in [7, 11) is 0. The molecule has 1 saturated heterocycles. The molecule has 1 aliphatic heterocycles. The van der Waals surface area contributed by atoms with E-state index in [-0.39, 0.29) is 13.2 Å². The summed E-state index contributed by atoms with van der Waals surface area (Å²) < 4.78 is 5.75. The number of ketones is 1. The van der Waals surface area contributed by atoms with E-state index < -0.39 is 23.6 Å². The highest BCUT2D eigenvalue weighted by Gasteiger charge is 2.43. The van der Waals surface area contributed by atoms with Crippen LogP contribution in [0.15, 0.2) is 28.7 Å². The average Bonchev–Trinajstić information content (AvgIpc) is 2.70. The summed E-state index contributed by atoms with van der Waals surface area (Å²) >= 11 is 3.33. The van der Waals surface area contributed by atoms with Gasteiger partial charge in [0.15, 0.2) is 0 Å². The monoisotopic (exact) mass is 339 g/mol. The molecule has 0 spiro atoms. The first-order valence-electron chi connectivity index (χ1n) is 6.27. The van der Waals surface area contributed by atoms with Gasteiger partial charge in [0, 0.05) is 17.6 Å². The Labute approximate surface area is 125 Å². The van der Waals surface area contributed by atoms with Crippen molar-refractivity contribution < 1.29 is 19.1 Å². The number of hydrogen-bond donors (Lipinski definition) is 0. The molecule has 1 aliphatic rings. The van der Waals surface area contributed by atoms with Crippen LogP contribution in [0.5, 0.6) is 0 Å². The standard InChI is InChI=1S/C14H14BrNO4/c1-2-20-14(19)11-8-16(13(18)12(11)17)7-9-3-5-10(15)6-4-9/h3-6,11H,2,7-8H2,1H3. The van der Waals surface area contributed by atoms with Gasteiger partial charge < -0.3 is 9.64 Å². The first-order chi connectivity index (χ1) is 9.52. The summed E-state index contributed by atoms with van der Waals surface area (Å²) in [5.74, 6) is -2.91. The Kier molecular flexibility index (Phi) is 4.54. The molecule has 0 saturated carbocycles. The van der Waals surface area contributed by atoms with Gasteiger partial charge in [-0.05, 0) is 24.6 Å². The molecule has 0 radical (unpaired) electrons. The third-order valence-electron chi connectivity index (χ3n) is 3.08. The second-order valence-electron chi connectivity index (χ2n) is 4.48. The number of amides is 1. The predicted octanol–water partition coefficient (Wildman–Crippen LogP) is 1.54. The Bertz CT molecular complexity index is 541. The van der Waals surface area contributed by atoms with Crippen LogP contribution in [-0.2, 0) is 25.7 Å². The summed E-state index contributed by atoms with van der Waals surface area (Å²) in [5, 5.41) is 0. The van der Waals surface area contributed by atoms with Crippen LogP contribution in [0.25, 0.3) is 0 Å². The van der Waals surface area contributed by atoms with Crippen LogP contribution in [0.1, 0.15) is 12.5 Å². The van der Waals surface area contributed by atoms with Crippen molar-refractivity contribution in [3.8, 4) is 0 Å². The van der Waals surface area contributed by atoms with Crippen LogP contribution >= 0.6 is 15.9 Å². The van der Waals surface area contributed by atoms with Crippen molar-refractivity contribution in [3.63, 3.8) is 0 Å². The largest absolute Gasteiger partial charge is 0.465 e. The molecule has 20 heavy (non-hydrogen) atoms. The number of Topliss-reactive ketones (excluding diaryl/α,β-unsaturated/α-hetero) is 1. The highest BCUT2D eigenvalue weighted by molar-refractivity contribution is 9.10. The zero-order chi connectivity index (χ0) is 14.7. The fourth-order valence-corrected chi connectivity index (χ4v) is 2.33. The molecule has 5 nitrogen and oxygen atoms in total. The van der Waals surface area contributed by atoms with Gasteiger partial charge in [-0.3, -0.25) is 14.4 Å². The quantitative estimate of drug-likeness (QED) is 0.474. The molecule has 1 heterocycles. The fourth-order valence-electron chi connectivity index (χ4n) is 2.06. The van der Waals surface area contributed by atoms with Gasteiger partial charge in [-0.1, -0.05) is 28.1 Å². The average molecular weight is 340 g/mol. The van der Waals surface area contributed by atoms with Gasteiger partial charge in [-0.15, -0.1) is 0 Å². The molecule has 6 heteroatoms. The fraction of sp³-hybridized carbons (Fsp3) is 0.357. The van der Waals surface area contributed by atoms with Gasteiger partial charge in [0.25, 0.3) is 5.91 Å². The number of hydrogen-bond acceptors (Lipinski definition) is 4. The van der Waals surface area contributed by atoms with Gasteiger partial charge in [0.05, 0.1) is 6.61 Å². The molecule has 1 atom stereocenters. The minimum absolute atomic E-state index is 0.0898. The maximum Gasteiger partial charge on any atom is 0.318 e. The lowest BCUT2D eigenvalue weighted by Crippen LogP contribution is -2.26. The Morgan fingerprint density at radius 3 is 2.60 bits per heavy atom. The lowest BCUT2D eigenvalue weighted by atomic mass is 10.1. The van der Waals surface area contributed by atoms with Crippen molar-refractivity contribution >= 4 is 33.6 Å². The van der Waals surface area contributed by atoms with E-state index in [9.17, 15) is 14.4 Å². The van der Waals surface area contributed by atoms with Crippen molar-refractivity contribution in [2.75, 3.05) is 13.2 Å². The van der Waals surface area contributed by atoms with E-state index >= 15 is 0 Å². The van der Waals surface area contributed by atoms with E-state index in [0.29, 0.717) is 6.54 Å². The highest BCUT2D eigenvalue weighted by atomic mass is 79.9. The van der Waals surface area contributed by atoms with Gasteiger partial charge in [-0.2, -0.15) is 0 Å². The van der Waals surface area contributed by atoms with Crippen molar-refractivity contribution in [2.45, 2.75) is 13.5 Å². The van der Waals surface area contributed by atoms with Gasteiger partial charge in [0.2, 0.25) is 5.78 Å². The number of carbonyl (C=O) groups is 3. The minimum atomic E-state index is -0.988. The normalized spacial score (nSPS) is 18.5. The van der Waals surface area contributed by atoms with Gasteiger partial charge in [-0.25, -0.2) is 0 Å². The molecule has 106 valence electrons. The molecule has 1 amide bonds. The first kappa shape index (κ1) is 14.7. The lowest BCUT2D eigenvalue weighted by Gasteiger charge is -2.15. The van der Waals surface area contributed by atoms with Crippen LogP contribution in [0.4, 0.5) is 0 Å². The Balaban J connectivity index is 2.07. The summed E-state index contributed by atoms with van der Waals surface area (Å²) in [6, 6.07) is 7.44. The molecule has 2 rings (SSSR count). The molecule has 0 aliphatic carbocycles. The highest BCUT2D eigenvalue weighted by Crippen LogP contribution is 2.19. The van der Waals surface area contributed by atoms with Gasteiger partial charge >= 0.3 is 5.97 Å². The van der Waals surface area contributed by atoms with Crippen LogP contribution in [0.2, 0.25) is 0 Å². The Hall–Kier alpha value is -1.69. The lowest BCUT2D eigenvalue weighted by molar-refractivity contribution is -0.151. The van der Waals surface area contributed by atoms with Crippen LogP contribution in [0, 0.1) is 5.92 Å². The molecule has 1 aromatic rings. The number of nitrogens with zero attached hydrogens (tertiary/aromatic N) is 1. The second kappa shape index (κ2) is 6.17. The van der Waals surface area contributed by atoms with E-state index in [4.69, 9.17) is 4.74 Å². The number of likely N-dealkylation sites (tertiary alicyclic amines) is 1. The Morgan fingerprint density at radius 2 is 2.00 bits per heavy atom. The smallest absolute Gasteiger partial charge is 0.318 e. The third kappa shape index (κ3) is 3.07. The molecule has 0 bridgehead atoms. The van der Waals surface area contributed by atoms with E-state index in [1.165, 1.54) is 4.90 Å². The predicted molar refractivity (Wildman–Crippen MR) is 74.7 cm³/mol. The van der Waals surface area contributed by atoms with E-state index in [1.807, 2.05) is 24.3 Å². The maximum absolute atomic E-state index is 11.9. The van der Waals surface area contributed by atoms with E-state index in [2.05, 4.69) is 15.9 Å². The number of halogens is 1. The zero-order valence-corrected chi connectivity index (χ0v) is 12.6. The van der Waals surface area contributed by atoms with E-state index in [0.717, 1.165) is 10.0 Å². The van der Waals surface area contributed by atoms with Gasteiger partial charge in [0.1, 0.15) is 5.92 Å². The van der Waals surface area contributed by atoms with Crippen molar-refractivity contribution in [1.82, 2.24) is 4.90 Å². The zero-order valence-electron chi connectivity index (χ0n) is 11.0. The number of rotatable bonds is 4. The number of carbonyl (C=O) groups excluding carboxylic acids is 3. The van der Waals surface area contributed by atoms with Crippen molar-refractivity contribution in [1.29, 1.82) is 0 Å². The molecule has 1 aromatic carbocycles. The number of benzene rings is 1. The summed E-state index contributed by atoms with van der Waals surface area (Å²) in [6.45, 7) is 2.27. The number of esters is 1. The van der Waals surface area contributed by atoms with Crippen molar-refractivity contribution in [3.05, 3.63) is 34.3 Å². The SMILES string of the molecule is CCOC(=O)C1CN(Cc2ccc(Br)cc2)C(=O)C1=O. The molecule has 0 N–H and O–H groups in total. The van der Waals surface area contributed by atoms with Crippen LogP contribution < -0.4 is 0 Å². The molecular formula is C14H14BrNO4. The minimum Gasteiger partial charge on any atom is -0.465 e. The topological polar surface area (TPSA) is 63.7 Å². The molecule has 0 aromatic heterocycles. The summed E-state index contributed by atoms with van der Waals surface area (Å²) in [5.41, 5.74) is 0.902. The molecular weight excluding hydrogens is 326 g/mol. The van der Waals surface area contributed by atoms with Crippen molar-refractivity contribution in [2.24, 2.45) is 5.92 Å². The maximum atomic E-state index is 11.9. The summed E-state index contributed by atoms with van der Waals surface area (Å²) in [4.78, 5) is 36.6. The molecule has 1 fully saturated rings. The Morgan fingerprint density at radius 1 is 1.35 bits per heavy atom. The second-order valence-corrected chi connectivity index (χ2v) is 5.40. The summed E-state index contributed by atoms with van der Waals surface area (Å²) in [6.07, 6.45) is 0. The van der Waals surface area contributed by atoms with E-state index in [1.54, 1.807) is 6.92 Å². The molecule has 1 unspecified atom stereocenters. The first-order valence-corrected chi connectivity index (χ1v) is 7.06. The number of ether oxygens (including phenoxy) is 1.